The Labute approximate surface area is 109 Å². The molecular weight excluding hydrogens is 230 g/mol. The molecule has 5 heteroatoms. The molecule has 0 aliphatic heterocycles. The summed E-state index contributed by atoms with van der Waals surface area (Å²) in [7, 11) is 0. The van der Waals surface area contributed by atoms with Crippen LogP contribution < -0.4 is 11.1 Å². The third kappa shape index (κ3) is 4.55. The van der Waals surface area contributed by atoms with Gasteiger partial charge in [-0.1, -0.05) is 44.2 Å². The Morgan fingerprint density at radius 1 is 1.33 bits per heavy atom. The van der Waals surface area contributed by atoms with Crippen molar-refractivity contribution >= 4 is 11.7 Å². The summed E-state index contributed by atoms with van der Waals surface area (Å²) in [5.41, 5.74) is 5.55. The smallest absolute Gasteiger partial charge is 0.223 e. The molecule has 1 fully saturated rings. The van der Waals surface area contributed by atoms with Crippen LogP contribution >= 0.6 is 0 Å². The quantitative estimate of drug-likeness (QED) is 0.311. The third-order valence-corrected chi connectivity index (χ3v) is 3.67. The van der Waals surface area contributed by atoms with E-state index in [1.165, 1.54) is 19.3 Å². The van der Waals surface area contributed by atoms with E-state index in [-0.39, 0.29) is 23.7 Å². The van der Waals surface area contributed by atoms with Gasteiger partial charge in [0.25, 0.3) is 0 Å². The Kier molecular flexibility index (Phi) is 6.54. The van der Waals surface area contributed by atoms with Gasteiger partial charge in [0.2, 0.25) is 5.91 Å². The lowest BCUT2D eigenvalue weighted by Crippen LogP contribution is -2.46. The molecule has 1 atom stereocenters. The Morgan fingerprint density at radius 3 is 2.39 bits per heavy atom. The number of rotatable bonds is 4. The van der Waals surface area contributed by atoms with Crippen molar-refractivity contribution in [1.82, 2.24) is 5.32 Å². The molecule has 0 aromatic rings. The Balaban J connectivity index is 2.51. The van der Waals surface area contributed by atoms with Crippen molar-refractivity contribution in [3.8, 4) is 0 Å². The molecule has 1 amide bonds. The lowest BCUT2D eigenvalue weighted by atomic mass is 9.90. The fourth-order valence-electron chi connectivity index (χ4n) is 2.46. The number of carbonyl (C=O) groups excluding carboxylic acids is 1. The van der Waals surface area contributed by atoms with Gasteiger partial charge in [-0.3, -0.25) is 4.79 Å². The SMILES string of the molecule is CCC(NC(=O)C1CCCCCCC1)C(N)=NO. The first-order valence-corrected chi connectivity index (χ1v) is 6.96. The lowest BCUT2D eigenvalue weighted by molar-refractivity contribution is -0.126. The van der Waals surface area contributed by atoms with Gasteiger partial charge in [0.1, 0.15) is 0 Å². The minimum Gasteiger partial charge on any atom is -0.409 e. The highest BCUT2D eigenvalue weighted by molar-refractivity contribution is 5.90. The highest BCUT2D eigenvalue weighted by atomic mass is 16.4. The van der Waals surface area contributed by atoms with E-state index >= 15 is 0 Å². The summed E-state index contributed by atoms with van der Waals surface area (Å²) < 4.78 is 0. The molecule has 0 aromatic carbocycles. The topological polar surface area (TPSA) is 87.7 Å². The zero-order valence-electron chi connectivity index (χ0n) is 11.2. The van der Waals surface area contributed by atoms with Crippen LogP contribution in [0.15, 0.2) is 5.16 Å². The van der Waals surface area contributed by atoms with Crippen LogP contribution in [0.25, 0.3) is 0 Å². The molecule has 1 aliphatic carbocycles. The van der Waals surface area contributed by atoms with Crippen molar-refractivity contribution in [3.05, 3.63) is 0 Å². The number of oxime groups is 1. The van der Waals surface area contributed by atoms with E-state index in [0.29, 0.717) is 6.42 Å². The van der Waals surface area contributed by atoms with Crippen molar-refractivity contribution in [2.45, 2.75) is 64.3 Å². The highest BCUT2D eigenvalue weighted by Gasteiger charge is 2.22. The van der Waals surface area contributed by atoms with Gasteiger partial charge in [-0.2, -0.15) is 0 Å². The maximum atomic E-state index is 12.1. The van der Waals surface area contributed by atoms with Gasteiger partial charge in [-0.05, 0) is 19.3 Å². The van der Waals surface area contributed by atoms with Crippen LogP contribution in [0.2, 0.25) is 0 Å². The molecule has 1 rings (SSSR count). The molecule has 18 heavy (non-hydrogen) atoms. The summed E-state index contributed by atoms with van der Waals surface area (Å²) in [6.07, 6.45) is 8.53. The first kappa shape index (κ1) is 14.8. The zero-order chi connectivity index (χ0) is 13.4. The van der Waals surface area contributed by atoms with Crippen molar-refractivity contribution in [2.24, 2.45) is 16.8 Å². The van der Waals surface area contributed by atoms with E-state index in [1.807, 2.05) is 6.92 Å². The molecule has 1 unspecified atom stereocenters. The number of hydrogen-bond donors (Lipinski definition) is 3. The van der Waals surface area contributed by atoms with E-state index < -0.39 is 0 Å². The number of nitrogens with zero attached hydrogens (tertiary/aromatic N) is 1. The minimum atomic E-state index is -0.354. The van der Waals surface area contributed by atoms with Crippen molar-refractivity contribution < 1.29 is 10.0 Å². The van der Waals surface area contributed by atoms with E-state index in [2.05, 4.69) is 10.5 Å². The number of nitrogens with two attached hydrogens (primary N) is 1. The second-order valence-corrected chi connectivity index (χ2v) is 5.04. The van der Waals surface area contributed by atoms with Gasteiger partial charge in [0.15, 0.2) is 5.84 Å². The Hall–Kier alpha value is -1.26. The average Bonchev–Trinajstić information content (AvgIpc) is 2.34. The maximum absolute atomic E-state index is 12.1. The fourth-order valence-corrected chi connectivity index (χ4v) is 2.46. The van der Waals surface area contributed by atoms with Gasteiger partial charge >= 0.3 is 0 Å². The highest BCUT2D eigenvalue weighted by Crippen LogP contribution is 2.22. The normalized spacial score (nSPS) is 20.8. The number of nitrogens with one attached hydrogen (secondary N) is 1. The molecule has 0 bridgehead atoms. The molecule has 1 aliphatic rings. The van der Waals surface area contributed by atoms with Crippen LogP contribution in [0.1, 0.15) is 58.3 Å². The monoisotopic (exact) mass is 255 g/mol. The molecule has 104 valence electrons. The summed E-state index contributed by atoms with van der Waals surface area (Å²) in [5, 5.41) is 14.5. The predicted octanol–water partition coefficient (Wildman–Crippen LogP) is 1.99. The molecule has 0 heterocycles. The van der Waals surface area contributed by atoms with E-state index in [9.17, 15) is 4.79 Å². The van der Waals surface area contributed by atoms with Crippen molar-refractivity contribution in [3.63, 3.8) is 0 Å². The summed E-state index contributed by atoms with van der Waals surface area (Å²) >= 11 is 0. The molecule has 0 spiro atoms. The first-order valence-electron chi connectivity index (χ1n) is 6.96. The largest absolute Gasteiger partial charge is 0.409 e. The third-order valence-electron chi connectivity index (χ3n) is 3.67. The molecular formula is C13H25N3O2. The van der Waals surface area contributed by atoms with Crippen LogP contribution in [0.4, 0.5) is 0 Å². The predicted molar refractivity (Wildman–Crippen MR) is 71.4 cm³/mol. The van der Waals surface area contributed by atoms with Crippen LogP contribution in [-0.2, 0) is 4.79 Å². The van der Waals surface area contributed by atoms with E-state index in [0.717, 1.165) is 25.7 Å². The summed E-state index contributed by atoms with van der Waals surface area (Å²) in [6, 6.07) is -0.354. The summed E-state index contributed by atoms with van der Waals surface area (Å²) in [4.78, 5) is 12.1. The molecule has 4 N–H and O–H groups in total. The minimum absolute atomic E-state index is 0.0513. The van der Waals surface area contributed by atoms with Gasteiger partial charge in [-0.25, -0.2) is 0 Å². The second-order valence-electron chi connectivity index (χ2n) is 5.04. The molecule has 0 saturated heterocycles. The average molecular weight is 255 g/mol. The van der Waals surface area contributed by atoms with Crippen LogP contribution in [0.5, 0.6) is 0 Å². The molecule has 5 nitrogen and oxygen atoms in total. The van der Waals surface area contributed by atoms with Crippen LogP contribution in [0, 0.1) is 5.92 Å². The number of hydrogen-bond acceptors (Lipinski definition) is 3. The van der Waals surface area contributed by atoms with Gasteiger partial charge in [0.05, 0.1) is 6.04 Å². The van der Waals surface area contributed by atoms with Crippen molar-refractivity contribution in [2.75, 3.05) is 0 Å². The lowest BCUT2D eigenvalue weighted by Gasteiger charge is -2.22. The standard InChI is InChI=1S/C13H25N3O2/c1-2-11(12(14)16-18)15-13(17)10-8-6-4-3-5-7-9-10/h10-11,18H,2-9H2,1H3,(H2,14,16)(H,15,17). The molecule has 0 aromatic heterocycles. The molecule has 1 saturated carbocycles. The van der Waals surface area contributed by atoms with Gasteiger partial charge in [-0.15, -0.1) is 0 Å². The van der Waals surface area contributed by atoms with Crippen LogP contribution in [0.3, 0.4) is 0 Å². The zero-order valence-corrected chi connectivity index (χ0v) is 11.2. The van der Waals surface area contributed by atoms with Crippen molar-refractivity contribution in [1.29, 1.82) is 0 Å². The number of amidine groups is 1. The second kappa shape index (κ2) is 7.95. The van der Waals surface area contributed by atoms with E-state index in [4.69, 9.17) is 10.9 Å². The number of amides is 1. The van der Waals surface area contributed by atoms with E-state index in [1.54, 1.807) is 0 Å². The maximum Gasteiger partial charge on any atom is 0.223 e. The fraction of sp³-hybridized carbons (Fsp3) is 0.846. The number of carbonyl (C=O) groups is 1. The Bertz CT molecular complexity index is 284. The van der Waals surface area contributed by atoms with Crippen LogP contribution in [-0.4, -0.2) is 23.0 Å². The first-order chi connectivity index (χ1) is 8.69. The summed E-state index contributed by atoms with van der Waals surface area (Å²) in [5.74, 6) is 0.220. The van der Waals surface area contributed by atoms with Gasteiger partial charge in [0, 0.05) is 5.92 Å². The van der Waals surface area contributed by atoms with Gasteiger partial charge < -0.3 is 16.3 Å². The Morgan fingerprint density at radius 2 is 1.89 bits per heavy atom. The molecule has 0 radical (unpaired) electrons. The summed E-state index contributed by atoms with van der Waals surface area (Å²) in [6.45, 7) is 1.90.